The number of hydrogen-bond donors (Lipinski definition) is 2. The standard InChI is InChI=1S/C20H22ClNO5/c1-11(2)22-10-16(24)13-6-8-17(15(23)9-13)27-20(25)14-7-5-12(3)19(26-4)18(14)21/h5-9,11,22-23H,10H2,1-4H3. The molecule has 0 heterocycles. The van der Waals surface area contributed by atoms with E-state index in [1.165, 1.54) is 31.4 Å². The molecule has 0 amide bonds. The lowest BCUT2D eigenvalue weighted by Gasteiger charge is -2.12. The third-order valence-electron chi connectivity index (χ3n) is 3.87. The van der Waals surface area contributed by atoms with Gasteiger partial charge in [-0.3, -0.25) is 4.79 Å². The van der Waals surface area contributed by atoms with E-state index in [2.05, 4.69) is 5.32 Å². The van der Waals surface area contributed by atoms with Crippen molar-refractivity contribution in [2.45, 2.75) is 26.8 Å². The van der Waals surface area contributed by atoms with E-state index in [9.17, 15) is 14.7 Å². The fourth-order valence-corrected chi connectivity index (χ4v) is 2.76. The number of ether oxygens (including phenoxy) is 2. The van der Waals surface area contributed by atoms with Crippen molar-refractivity contribution in [1.29, 1.82) is 0 Å². The van der Waals surface area contributed by atoms with Gasteiger partial charge in [0, 0.05) is 11.6 Å². The molecule has 0 spiro atoms. The molecule has 0 radical (unpaired) electrons. The summed E-state index contributed by atoms with van der Waals surface area (Å²) >= 11 is 6.20. The van der Waals surface area contributed by atoms with Crippen LogP contribution < -0.4 is 14.8 Å². The van der Waals surface area contributed by atoms with Crippen molar-refractivity contribution in [3.05, 3.63) is 52.0 Å². The molecule has 0 bridgehead atoms. The van der Waals surface area contributed by atoms with Crippen LogP contribution in [0.5, 0.6) is 17.2 Å². The number of Topliss-reactive ketones (excluding diaryl/α,β-unsaturated/α-hetero) is 1. The van der Waals surface area contributed by atoms with Gasteiger partial charge >= 0.3 is 5.97 Å². The number of phenols is 1. The van der Waals surface area contributed by atoms with Crippen LogP contribution in [0.15, 0.2) is 30.3 Å². The fourth-order valence-electron chi connectivity index (χ4n) is 2.39. The summed E-state index contributed by atoms with van der Waals surface area (Å²) in [5.74, 6) is -0.913. The van der Waals surface area contributed by atoms with Crippen molar-refractivity contribution >= 4 is 23.4 Å². The number of hydrogen-bond acceptors (Lipinski definition) is 6. The Bertz CT molecular complexity index is 864. The molecule has 2 aromatic rings. The van der Waals surface area contributed by atoms with E-state index in [0.29, 0.717) is 11.3 Å². The Hall–Kier alpha value is -2.57. The number of ketones is 1. The van der Waals surface area contributed by atoms with Crippen LogP contribution in [0.4, 0.5) is 0 Å². The molecule has 0 unspecified atom stereocenters. The lowest BCUT2D eigenvalue weighted by atomic mass is 10.1. The lowest BCUT2D eigenvalue weighted by Crippen LogP contribution is -2.29. The minimum absolute atomic E-state index is 0.0658. The van der Waals surface area contributed by atoms with Gasteiger partial charge in [-0.25, -0.2) is 4.79 Å². The summed E-state index contributed by atoms with van der Waals surface area (Å²) < 4.78 is 10.4. The number of aryl methyl sites for hydroxylation is 1. The molecular weight excluding hydrogens is 370 g/mol. The Balaban J connectivity index is 2.18. The van der Waals surface area contributed by atoms with Crippen molar-refractivity contribution in [1.82, 2.24) is 5.32 Å². The van der Waals surface area contributed by atoms with Crippen LogP contribution >= 0.6 is 11.6 Å². The largest absolute Gasteiger partial charge is 0.504 e. The maximum Gasteiger partial charge on any atom is 0.345 e. The number of nitrogens with one attached hydrogen (secondary N) is 1. The van der Waals surface area contributed by atoms with Crippen LogP contribution in [0.3, 0.4) is 0 Å². The molecule has 2 N–H and O–H groups in total. The second kappa shape index (κ2) is 8.88. The number of phenolic OH excluding ortho intramolecular Hbond substituents is 1. The number of halogens is 1. The van der Waals surface area contributed by atoms with Crippen molar-refractivity contribution < 1.29 is 24.2 Å². The second-order valence-corrected chi connectivity index (χ2v) is 6.69. The zero-order chi connectivity index (χ0) is 20.1. The Morgan fingerprint density at radius 3 is 2.52 bits per heavy atom. The van der Waals surface area contributed by atoms with Crippen molar-refractivity contribution in [3.8, 4) is 17.2 Å². The SMILES string of the molecule is COc1c(C)ccc(C(=O)Oc2ccc(C(=O)CNC(C)C)cc2O)c1Cl. The van der Waals surface area contributed by atoms with Gasteiger partial charge in [0.25, 0.3) is 0 Å². The van der Waals surface area contributed by atoms with Gasteiger partial charge in [0.2, 0.25) is 0 Å². The highest BCUT2D eigenvalue weighted by Crippen LogP contribution is 2.33. The summed E-state index contributed by atoms with van der Waals surface area (Å²) in [4.78, 5) is 24.5. The average molecular weight is 392 g/mol. The Kier molecular flexibility index (Phi) is 6.82. The zero-order valence-corrected chi connectivity index (χ0v) is 16.4. The number of carbonyl (C=O) groups is 2. The molecule has 0 fully saturated rings. The number of benzene rings is 2. The number of carbonyl (C=O) groups excluding carboxylic acids is 2. The molecule has 2 aromatic carbocycles. The first-order valence-corrected chi connectivity index (χ1v) is 8.77. The van der Waals surface area contributed by atoms with E-state index in [-0.39, 0.29) is 40.5 Å². The highest BCUT2D eigenvalue weighted by atomic mass is 35.5. The van der Waals surface area contributed by atoms with Crippen LogP contribution in [-0.4, -0.2) is 36.6 Å². The van der Waals surface area contributed by atoms with Gasteiger partial charge in [-0.2, -0.15) is 0 Å². The number of esters is 1. The molecule has 0 saturated carbocycles. The molecule has 6 nitrogen and oxygen atoms in total. The van der Waals surface area contributed by atoms with E-state index >= 15 is 0 Å². The third kappa shape index (κ3) is 4.99. The van der Waals surface area contributed by atoms with E-state index in [1.807, 2.05) is 13.8 Å². The normalized spacial score (nSPS) is 10.7. The van der Waals surface area contributed by atoms with Crippen molar-refractivity contribution in [2.75, 3.05) is 13.7 Å². The van der Waals surface area contributed by atoms with E-state index in [1.54, 1.807) is 13.0 Å². The summed E-state index contributed by atoms with van der Waals surface area (Å²) in [5.41, 5.74) is 1.20. The van der Waals surface area contributed by atoms with Gasteiger partial charge in [0.05, 0.1) is 24.2 Å². The molecule has 0 aliphatic heterocycles. The molecule has 0 aliphatic rings. The second-order valence-electron chi connectivity index (χ2n) is 6.31. The van der Waals surface area contributed by atoms with Crippen LogP contribution in [0, 0.1) is 6.92 Å². The molecule has 2 rings (SSSR count). The monoisotopic (exact) mass is 391 g/mol. The predicted molar refractivity (Wildman–Crippen MR) is 103 cm³/mol. The number of rotatable bonds is 7. The number of aromatic hydroxyl groups is 1. The molecule has 27 heavy (non-hydrogen) atoms. The van der Waals surface area contributed by atoms with Crippen LogP contribution in [0.25, 0.3) is 0 Å². The smallest absolute Gasteiger partial charge is 0.345 e. The minimum Gasteiger partial charge on any atom is -0.504 e. The van der Waals surface area contributed by atoms with Gasteiger partial charge in [0.1, 0.15) is 5.75 Å². The van der Waals surface area contributed by atoms with Crippen LogP contribution in [0.2, 0.25) is 5.02 Å². The third-order valence-corrected chi connectivity index (χ3v) is 4.25. The Morgan fingerprint density at radius 2 is 1.93 bits per heavy atom. The number of methoxy groups -OCH3 is 1. The van der Waals surface area contributed by atoms with E-state index in [0.717, 1.165) is 5.56 Å². The fraction of sp³-hybridized carbons (Fsp3) is 0.300. The average Bonchev–Trinajstić information content (AvgIpc) is 2.61. The van der Waals surface area contributed by atoms with Gasteiger partial charge in [-0.05, 0) is 36.8 Å². The van der Waals surface area contributed by atoms with Crippen LogP contribution in [0.1, 0.15) is 40.1 Å². The molecule has 144 valence electrons. The quantitative estimate of drug-likeness (QED) is 0.424. The summed E-state index contributed by atoms with van der Waals surface area (Å²) in [6, 6.07) is 7.50. The van der Waals surface area contributed by atoms with Crippen LogP contribution in [-0.2, 0) is 0 Å². The van der Waals surface area contributed by atoms with E-state index in [4.69, 9.17) is 21.1 Å². The van der Waals surface area contributed by atoms with Gasteiger partial charge in [0.15, 0.2) is 17.3 Å². The van der Waals surface area contributed by atoms with Gasteiger partial charge < -0.3 is 19.9 Å². The highest BCUT2D eigenvalue weighted by Gasteiger charge is 2.20. The molecule has 0 atom stereocenters. The lowest BCUT2D eigenvalue weighted by molar-refractivity contribution is 0.0729. The maximum atomic E-state index is 12.4. The molecule has 7 heteroatoms. The molecule has 0 saturated heterocycles. The van der Waals surface area contributed by atoms with Gasteiger partial charge in [-0.15, -0.1) is 0 Å². The van der Waals surface area contributed by atoms with Gasteiger partial charge in [-0.1, -0.05) is 31.5 Å². The zero-order valence-electron chi connectivity index (χ0n) is 15.6. The Morgan fingerprint density at radius 1 is 1.22 bits per heavy atom. The summed E-state index contributed by atoms with van der Waals surface area (Å²) in [6.07, 6.45) is 0. The topological polar surface area (TPSA) is 84.9 Å². The first-order chi connectivity index (χ1) is 12.7. The molecule has 0 aliphatic carbocycles. The first-order valence-electron chi connectivity index (χ1n) is 8.39. The summed E-state index contributed by atoms with van der Waals surface area (Å²) in [7, 11) is 1.46. The van der Waals surface area contributed by atoms with Crippen molar-refractivity contribution in [3.63, 3.8) is 0 Å². The first kappa shape index (κ1) is 20.7. The molecular formula is C20H22ClNO5. The maximum absolute atomic E-state index is 12.4. The summed E-state index contributed by atoms with van der Waals surface area (Å²) in [5, 5.41) is 13.3. The minimum atomic E-state index is -0.742. The molecule has 0 aromatic heterocycles. The predicted octanol–water partition coefficient (Wildman–Crippen LogP) is 3.76. The summed E-state index contributed by atoms with van der Waals surface area (Å²) in [6.45, 7) is 5.81. The Labute approximate surface area is 163 Å². The van der Waals surface area contributed by atoms with Crippen molar-refractivity contribution in [2.24, 2.45) is 0 Å². The van der Waals surface area contributed by atoms with E-state index < -0.39 is 5.97 Å². The highest BCUT2D eigenvalue weighted by molar-refractivity contribution is 6.35.